The van der Waals surface area contributed by atoms with Crippen LogP contribution in [0, 0.1) is 16.0 Å². The molecule has 1 N–H and O–H groups in total. The van der Waals surface area contributed by atoms with Crippen molar-refractivity contribution >= 4 is 34.6 Å². The van der Waals surface area contributed by atoms with E-state index in [9.17, 15) is 14.9 Å². The van der Waals surface area contributed by atoms with Crippen LogP contribution in [0.1, 0.15) is 5.56 Å². The lowest BCUT2D eigenvalue weighted by Gasteiger charge is -2.49. The number of benzene rings is 2. The third-order valence-corrected chi connectivity index (χ3v) is 7.52. The standard InChI is InChI=1S/C25H30ClN5O4/c26-19-1-3-20(4-2-19)29-9-10-30-23-6-5-21(31(33)34)15-18(23)16-22(24(30)17-29)25(32)27-7-8-28-11-13-35-14-12-28/h1-6,15,22,24H,7-14,16-17H2,(H,27,32)/t22-,24-/m1/s1. The molecule has 0 radical (unpaired) electrons. The van der Waals surface area contributed by atoms with Gasteiger partial charge in [-0.05, 0) is 42.3 Å². The van der Waals surface area contributed by atoms with Crippen LogP contribution in [0.5, 0.6) is 0 Å². The molecule has 2 aromatic rings. The lowest BCUT2D eigenvalue weighted by Crippen LogP contribution is -2.61. The van der Waals surface area contributed by atoms with Crippen LogP contribution in [0.25, 0.3) is 0 Å². The molecule has 1 amide bonds. The number of piperazine rings is 1. The summed E-state index contributed by atoms with van der Waals surface area (Å²) in [6.07, 6.45) is 0.482. The molecular formula is C25H30ClN5O4. The number of carbonyl (C=O) groups is 1. The van der Waals surface area contributed by atoms with Crippen LogP contribution in [-0.4, -0.2) is 80.8 Å². The number of nitrogens with zero attached hydrogens (tertiary/aromatic N) is 4. The maximum absolute atomic E-state index is 13.5. The van der Waals surface area contributed by atoms with Crippen molar-refractivity contribution in [2.24, 2.45) is 5.92 Å². The van der Waals surface area contributed by atoms with Gasteiger partial charge in [0.1, 0.15) is 0 Å². The third kappa shape index (κ3) is 5.22. The topological polar surface area (TPSA) is 91.2 Å². The number of morpholine rings is 1. The number of ether oxygens (including phenoxy) is 1. The average Bonchev–Trinajstić information content (AvgIpc) is 2.88. The molecule has 2 fully saturated rings. The molecule has 9 nitrogen and oxygen atoms in total. The predicted molar refractivity (Wildman–Crippen MR) is 135 cm³/mol. The average molecular weight is 500 g/mol. The van der Waals surface area contributed by atoms with Gasteiger partial charge in [0, 0.05) is 74.3 Å². The summed E-state index contributed by atoms with van der Waals surface area (Å²) >= 11 is 6.08. The molecule has 0 aliphatic carbocycles. The lowest BCUT2D eigenvalue weighted by molar-refractivity contribution is -0.384. The van der Waals surface area contributed by atoms with Crippen molar-refractivity contribution < 1.29 is 14.5 Å². The van der Waals surface area contributed by atoms with Gasteiger partial charge in [0.2, 0.25) is 5.91 Å². The molecular weight excluding hydrogens is 470 g/mol. The zero-order valence-corrected chi connectivity index (χ0v) is 20.3. The van der Waals surface area contributed by atoms with Gasteiger partial charge in [-0.1, -0.05) is 11.6 Å². The minimum Gasteiger partial charge on any atom is -0.379 e. The minimum absolute atomic E-state index is 0.00312. The molecule has 3 heterocycles. The van der Waals surface area contributed by atoms with E-state index < -0.39 is 0 Å². The largest absolute Gasteiger partial charge is 0.379 e. The number of fused-ring (bicyclic) bond motifs is 3. The van der Waals surface area contributed by atoms with Crippen LogP contribution in [-0.2, 0) is 16.0 Å². The molecule has 2 atom stereocenters. The smallest absolute Gasteiger partial charge is 0.269 e. The third-order valence-electron chi connectivity index (χ3n) is 7.27. The number of nitrogens with one attached hydrogen (secondary N) is 1. The Kier molecular flexibility index (Phi) is 7.08. The Labute approximate surface area is 209 Å². The summed E-state index contributed by atoms with van der Waals surface area (Å²) < 4.78 is 5.40. The lowest BCUT2D eigenvalue weighted by atomic mass is 9.83. The van der Waals surface area contributed by atoms with Crippen LogP contribution in [0.2, 0.25) is 5.02 Å². The zero-order chi connectivity index (χ0) is 24.4. The first-order valence-electron chi connectivity index (χ1n) is 12.1. The monoisotopic (exact) mass is 499 g/mol. The van der Waals surface area contributed by atoms with Gasteiger partial charge in [0.25, 0.3) is 5.69 Å². The van der Waals surface area contributed by atoms with Crippen molar-refractivity contribution in [1.29, 1.82) is 0 Å². The summed E-state index contributed by atoms with van der Waals surface area (Å²) in [4.78, 5) is 31.3. The van der Waals surface area contributed by atoms with E-state index >= 15 is 0 Å². The number of anilines is 2. The number of hydrogen-bond donors (Lipinski definition) is 1. The summed E-state index contributed by atoms with van der Waals surface area (Å²) in [6, 6.07) is 12.8. The highest BCUT2D eigenvalue weighted by Gasteiger charge is 2.42. The Morgan fingerprint density at radius 3 is 2.63 bits per heavy atom. The van der Waals surface area contributed by atoms with Crippen LogP contribution < -0.4 is 15.1 Å². The highest BCUT2D eigenvalue weighted by molar-refractivity contribution is 6.30. The van der Waals surface area contributed by atoms with E-state index in [-0.39, 0.29) is 28.5 Å². The molecule has 0 bridgehead atoms. The van der Waals surface area contributed by atoms with Gasteiger partial charge in [-0.2, -0.15) is 0 Å². The SMILES string of the molecule is O=C(NCCN1CCOCC1)[C@@H]1Cc2cc([N+](=O)[O-])ccc2N2CCN(c3ccc(Cl)cc3)C[C@H]12. The first-order valence-corrected chi connectivity index (χ1v) is 12.5. The molecule has 3 aliphatic rings. The van der Waals surface area contributed by atoms with Gasteiger partial charge < -0.3 is 19.9 Å². The number of nitro groups is 1. The summed E-state index contributed by atoms with van der Waals surface area (Å²) in [5, 5.41) is 15.2. The number of nitro benzene ring substituents is 1. The van der Waals surface area contributed by atoms with E-state index in [4.69, 9.17) is 16.3 Å². The first-order chi connectivity index (χ1) is 17.0. The van der Waals surface area contributed by atoms with E-state index in [2.05, 4.69) is 20.0 Å². The number of carbonyl (C=O) groups excluding carboxylic acids is 1. The number of non-ortho nitro benzene ring substituents is 1. The van der Waals surface area contributed by atoms with Crippen LogP contribution in [0.4, 0.5) is 17.1 Å². The molecule has 5 rings (SSSR count). The van der Waals surface area contributed by atoms with E-state index in [1.807, 2.05) is 30.3 Å². The summed E-state index contributed by atoms with van der Waals surface area (Å²) in [6.45, 7) is 6.79. The van der Waals surface area contributed by atoms with Crippen LogP contribution >= 0.6 is 11.6 Å². The fraction of sp³-hybridized carbons (Fsp3) is 0.480. The Morgan fingerprint density at radius 2 is 1.89 bits per heavy atom. The summed E-state index contributed by atoms with van der Waals surface area (Å²) in [5.74, 6) is -0.298. The van der Waals surface area contributed by atoms with Crippen molar-refractivity contribution in [2.45, 2.75) is 12.5 Å². The zero-order valence-electron chi connectivity index (χ0n) is 19.6. The quantitative estimate of drug-likeness (QED) is 0.482. The number of halogens is 1. The molecule has 35 heavy (non-hydrogen) atoms. The number of rotatable bonds is 6. The molecule has 10 heteroatoms. The molecule has 0 saturated carbocycles. The highest BCUT2D eigenvalue weighted by Crippen LogP contribution is 2.38. The second-order valence-corrected chi connectivity index (χ2v) is 9.75. The van der Waals surface area contributed by atoms with E-state index in [1.54, 1.807) is 12.1 Å². The number of hydrogen-bond acceptors (Lipinski definition) is 7. The van der Waals surface area contributed by atoms with Crippen LogP contribution in [0.3, 0.4) is 0 Å². The van der Waals surface area contributed by atoms with Crippen molar-refractivity contribution in [1.82, 2.24) is 10.2 Å². The van der Waals surface area contributed by atoms with Crippen LogP contribution in [0.15, 0.2) is 42.5 Å². The fourth-order valence-electron chi connectivity index (χ4n) is 5.40. The molecule has 3 aliphatic heterocycles. The normalized spacial score (nSPS) is 22.3. The molecule has 0 aromatic heterocycles. The van der Waals surface area contributed by atoms with Gasteiger partial charge in [-0.25, -0.2) is 0 Å². The van der Waals surface area contributed by atoms with Crippen molar-refractivity contribution in [3.05, 3.63) is 63.2 Å². The van der Waals surface area contributed by atoms with Crippen molar-refractivity contribution in [2.75, 3.05) is 68.8 Å². The van der Waals surface area contributed by atoms with Gasteiger partial charge in [-0.15, -0.1) is 0 Å². The Hall–Kier alpha value is -2.88. The van der Waals surface area contributed by atoms with E-state index in [1.165, 1.54) is 0 Å². The Balaban J connectivity index is 1.36. The molecule has 0 spiro atoms. The van der Waals surface area contributed by atoms with E-state index in [0.717, 1.165) is 62.9 Å². The van der Waals surface area contributed by atoms with Crippen molar-refractivity contribution in [3.63, 3.8) is 0 Å². The maximum Gasteiger partial charge on any atom is 0.269 e. The fourth-order valence-corrected chi connectivity index (χ4v) is 5.53. The van der Waals surface area contributed by atoms with E-state index in [0.29, 0.717) is 24.5 Å². The molecule has 2 saturated heterocycles. The molecule has 0 unspecified atom stereocenters. The predicted octanol–water partition coefficient (Wildman–Crippen LogP) is 2.56. The molecule has 186 valence electrons. The number of amides is 1. The van der Waals surface area contributed by atoms with Gasteiger partial charge in [0.05, 0.1) is 30.1 Å². The second kappa shape index (κ2) is 10.4. The summed E-state index contributed by atoms with van der Waals surface area (Å²) in [7, 11) is 0. The molecule has 2 aromatic carbocycles. The van der Waals surface area contributed by atoms with Gasteiger partial charge in [-0.3, -0.25) is 19.8 Å². The highest BCUT2D eigenvalue weighted by atomic mass is 35.5. The minimum atomic E-state index is -0.373. The first kappa shape index (κ1) is 23.8. The summed E-state index contributed by atoms with van der Waals surface area (Å²) in [5.41, 5.74) is 3.00. The van der Waals surface area contributed by atoms with Gasteiger partial charge >= 0.3 is 0 Å². The second-order valence-electron chi connectivity index (χ2n) is 9.31. The Morgan fingerprint density at radius 1 is 1.11 bits per heavy atom. The van der Waals surface area contributed by atoms with Gasteiger partial charge in [0.15, 0.2) is 0 Å². The Bertz CT molecular complexity index is 1080. The van der Waals surface area contributed by atoms with Crippen molar-refractivity contribution in [3.8, 4) is 0 Å². The maximum atomic E-state index is 13.5.